The van der Waals surface area contributed by atoms with Crippen molar-refractivity contribution in [1.82, 2.24) is 15.5 Å². The van der Waals surface area contributed by atoms with Gasteiger partial charge in [0.1, 0.15) is 0 Å². The molecule has 144 valence electrons. The molecule has 7 heteroatoms. The van der Waals surface area contributed by atoms with Crippen LogP contribution in [-0.4, -0.2) is 50.0 Å². The second-order valence-corrected chi connectivity index (χ2v) is 8.03. The number of benzene rings is 1. The summed E-state index contributed by atoms with van der Waals surface area (Å²) < 4.78 is 0.911. The maximum Gasteiger partial charge on any atom is 0.251 e. The molecule has 1 spiro atoms. The summed E-state index contributed by atoms with van der Waals surface area (Å²) in [5, 5.41) is 6.34. The zero-order valence-electron chi connectivity index (χ0n) is 15.3. The molecule has 0 unspecified atom stereocenters. The van der Waals surface area contributed by atoms with Crippen molar-refractivity contribution < 1.29 is 4.79 Å². The van der Waals surface area contributed by atoms with Gasteiger partial charge in [0, 0.05) is 43.3 Å². The number of hydrogen-bond donors (Lipinski definition) is 2. The van der Waals surface area contributed by atoms with Gasteiger partial charge >= 0.3 is 0 Å². The molecule has 5 nitrogen and oxygen atoms in total. The third kappa shape index (κ3) is 5.34. The number of rotatable bonds is 4. The first-order chi connectivity index (χ1) is 12.1. The number of amides is 1. The van der Waals surface area contributed by atoms with Crippen LogP contribution in [-0.2, 0) is 0 Å². The van der Waals surface area contributed by atoms with Crippen LogP contribution in [0.2, 0.25) is 0 Å². The Balaban J connectivity index is 0.00000243. The number of likely N-dealkylation sites (tertiary alicyclic amines) is 1. The Bertz CT molecular complexity index is 646. The van der Waals surface area contributed by atoms with Crippen molar-refractivity contribution in [3.05, 3.63) is 34.3 Å². The van der Waals surface area contributed by atoms with Gasteiger partial charge in [-0.15, -0.1) is 24.0 Å². The summed E-state index contributed by atoms with van der Waals surface area (Å²) in [6, 6.07) is 7.42. The maximum atomic E-state index is 12.1. The Hall–Kier alpha value is -0.830. The monoisotopic (exact) mass is 534 g/mol. The van der Waals surface area contributed by atoms with Crippen LogP contribution in [0, 0.1) is 5.41 Å². The van der Waals surface area contributed by atoms with E-state index < -0.39 is 0 Å². The topological polar surface area (TPSA) is 56.7 Å². The first-order valence-electron chi connectivity index (χ1n) is 9.11. The molecule has 1 aromatic rings. The van der Waals surface area contributed by atoms with Gasteiger partial charge in [0.05, 0.1) is 0 Å². The van der Waals surface area contributed by atoms with E-state index >= 15 is 0 Å². The summed E-state index contributed by atoms with van der Waals surface area (Å²) in [5.41, 5.74) is 1.20. The molecule has 1 saturated carbocycles. The summed E-state index contributed by atoms with van der Waals surface area (Å²) in [5.74, 6) is 0.907. The number of carbonyl (C=O) groups is 1. The molecule has 0 atom stereocenters. The second-order valence-electron chi connectivity index (χ2n) is 7.12. The first-order valence-corrected chi connectivity index (χ1v) is 9.91. The van der Waals surface area contributed by atoms with Crippen LogP contribution in [0.1, 0.15) is 42.5 Å². The van der Waals surface area contributed by atoms with Crippen molar-refractivity contribution in [3.8, 4) is 0 Å². The van der Waals surface area contributed by atoms with Crippen molar-refractivity contribution >= 4 is 51.8 Å². The van der Waals surface area contributed by atoms with E-state index in [1.165, 1.54) is 32.1 Å². The zero-order chi connectivity index (χ0) is 17.7. The minimum absolute atomic E-state index is 0. The van der Waals surface area contributed by atoms with Crippen LogP contribution in [0.25, 0.3) is 0 Å². The highest BCUT2D eigenvalue weighted by Gasteiger charge is 2.40. The van der Waals surface area contributed by atoms with Crippen molar-refractivity contribution in [2.75, 3.05) is 33.2 Å². The average molecular weight is 535 g/mol. The van der Waals surface area contributed by atoms with Gasteiger partial charge in [-0.1, -0.05) is 34.8 Å². The molecule has 0 radical (unpaired) electrons. The second kappa shape index (κ2) is 9.92. The Kier molecular flexibility index (Phi) is 8.19. The molecular formula is C19H28BrIN4O. The average Bonchev–Trinajstić information content (AvgIpc) is 3.25. The van der Waals surface area contributed by atoms with Crippen LogP contribution in [0.5, 0.6) is 0 Å². The Labute approximate surface area is 181 Å². The third-order valence-corrected chi connectivity index (χ3v) is 5.89. The zero-order valence-corrected chi connectivity index (χ0v) is 19.2. The molecule has 2 N–H and O–H groups in total. The number of halogens is 2. The molecule has 2 aliphatic rings. The number of carbonyl (C=O) groups excluding carboxylic acids is 1. The van der Waals surface area contributed by atoms with Gasteiger partial charge in [0.15, 0.2) is 5.96 Å². The normalized spacial score (nSPS) is 18.7. The summed E-state index contributed by atoms with van der Waals surface area (Å²) in [7, 11) is 1.84. The lowest BCUT2D eigenvalue weighted by Crippen LogP contribution is -2.43. The standard InChI is InChI=1S/C19H27BrN4O.HI/c1-21-18(24-12-9-19(14-24)7-2-3-8-19)23-11-10-22-17(25)15-5-4-6-16(20)13-15;/h4-6,13H,2-3,7-12,14H2,1H3,(H,21,23)(H,22,25);1H. The predicted molar refractivity (Wildman–Crippen MR) is 120 cm³/mol. The van der Waals surface area contributed by atoms with Gasteiger partial charge in [-0.25, -0.2) is 0 Å². The van der Waals surface area contributed by atoms with Crippen molar-refractivity contribution in [2.24, 2.45) is 10.4 Å². The molecule has 0 bridgehead atoms. The van der Waals surface area contributed by atoms with E-state index in [2.05, 4.69) is 36.5 Å². The Morgan fingerprint density at radius 2 is 1.96 bits per heavy atom. The van der Waals surface area contributed by atoms with Crippen LogP contribution in [0.4, 0.5) is 0 Å². The largest absolute Gasteiger partial charge is 0.354 e. The third-order valence-electron chi connectivity index (χ3n) is 5.39. The molecule has 26 heavy (non-hydrogen) atoms. The van der Waals surface area contributed by atoms with Crippen molar-refractivity contribution in [2.45, 2.75) is 32.1 Å². The number of aliphatic imine (C=N–C) groups is 1. The number of guanidine groups is 1. The maximum absolute atomic E-state index is 12.1. The SMILES string of the molecule is CN=C(NCCNC(=O)c1cccc(Br)c1)N1CCC2(CCCC2)C1.I. The molecule has 1 amide bonds. The summed E-state index contributed by atoms with van der Waals surface area (Å²) in [6.45, 7) is 3.46. The van der Waals surface area contributed by atoms with Gasteiger partial charge in [-0.2, -0.15) is 0 Å². The van der Waals surface area contributed by atoms with E-state index in [1.807, 2.05) is 31.3 Å². The van der Waals surface area contributed by atoms with Crippen LogP contribution >= 0.6 is 39.9 Å². The first kappa shape index (κ1) is 21.5. The van der Waals surface area contributed by atoms with Gasteiger partial charge < -0.3 is 15.5 Å². The lowest BCUT2D eigenvalue weighted by atomic mass is 9.86. The molecular weight excluding hydrogens is 507 g/mol. The van der Waals surface area contributed by atoms with E-state index in [-0.39, 0.29) is 29.9 Å². The minimum Gasteiger partial charge on any atom is -0.354 e. The molecule has 3 rings (SSSR count). The number of nitrogens with zero attached hydrogens (tertiary/aromatic N) is 2. The summed E-state index contributed by atoms with van der Waals surface area (Å²) >= 11 is 3.39. The van der Waals surface area contributed by atoms with Gasteiger partial charge in [-0.3, -0.25) is 9.79 Å². The van der Waals surface area contributed by atoms with Gasteiger partial charge in [0.2, 0.25) is 0 Å². The molecule has 1 aliphatic heterocycles. The quantitative estimate of drug-likeness (QED) is 0.268. The van der Waals surface area contributed by atoms with Gasteiger partial charge in [-0.05, 0) is 42.9 Å². The van der Waals surface area contributed by atoms with E-state index in [4.69, 9.17) is 0 Å². The number of hydrogen-bond acceptors (Lipinski definition) is 2. The molecule has 1 aliphatic carbocycles. The predicted octanol–water partition coefficient (Wildman–Crippen LogP) is 3.64. The Morgan fingerprint density at radius 1 is 1.23 bits per heavy atom. The van der Waals surface area contributed by atoms with E-state index in [9.17, 15) is 4.79 Å². The van der Waals surface area contributed by atoms with E-state index in [0.29, 0.717) is 24.1 Å². The fourth-order valence-electron chi connectivity index (χ4n) is 4.06. The lowest BCUT2D eigenvalue weighted by Gasteiger charge is -2.26. The van der Waals surface area contributed by atoms with Crippen LogP contribution in [0.3, 0.4) is 0 Å². The highest BCUT2D eigenvalue weighted by atomic mass is 127. The molecule has 1 heterocycles. The Morgan fingerprint density at radius 3 is 2.65 bits per heavy atom. The molecule has 1 aromatic carbocycles. The highest BCUT2D eigenvalue weighted by molar-refractivity contribution is 14.0. The van der Waals surface area contributed by atoms with Crippen LogP contribution in [0.15, 0.2) is 33.7 Å². The van der Waals surface area contributed by atoms with Crippen LogP contribution < -0.4 is 10.6 Å². The lowest BCUT2D eigenvalue weighted by molar-refractivity contribution is 0.0954. The highest BCUT2D eigenvalue weighted by Crippen LogP contribution is 2.45. The molecule has 0 aromatic heterocycles. The molecule has 2 fully saturated rings. The van der Waals surface area contributed by atoms with Crippen molar-refractivity contribution in [3.63, 3.8) is 0 Å². The van der Waals surface area contributed by atoms with E-state index in [1.54, 1.807) is 0 Å². The van der Waals surface area contributed by atoms with Crippen molar-refractivity contribution in [1.29, 1.82) is 0 Å². The molecule has 1 saturated heterocycles. The van der Waals surface area contributed by atoms with E-state index in [0.717, 1.165) is 23.5 Å². The summed E-state index contributed by atoms with van der Waals surface area (Å²) in [6.07, 6.45) is 6.77. The minimum atomic E-state index is -0.0517. The van der Waals surface area contributed by atoms with Gasteiger partial charge in [0.25, 0.3) is 5.91 Å². The smallest absolute Gasteiger partial charge is 0.251 e. The fourth-order valence-corrected chi connectivity index (χ4v) is 4.46. The summed E-state index contributed by atoms with van der Waals surface area (Å²) in [4.78, 5) is 18.9. The number of nitrogens with one attached hydrogen (secondary N) is 2. The fraction of sp³-hybridized carbons (Fsp3) is 0.579.